The van der Waals surface area contributed by atoms with Crippen LogP contribution in [-0.4, -0.2) is 36.8 Å². The smallest absolute Gasteiger partial charge is 0.225 e. The van der Waals surface area contributed by atoms with Crippen molar-refractivity contribution in [3.05, 3.63) is 40.5 Å². The average Bonchev–Trinajstić information content (AvgIpc) is 2.41. The Labute approximate surface area is 131 Å². The number of nitrogens with zero attached hydrogens (tertiary/aromatic N) is 3. The molecule has 1 aromatic heterocycles. The summed E-state index contributed by atoms with van der Waals surface area (Å²) in [6.07, 6.45) is 1.25. The van der Waals surface area contributed by atoms with Crippen molar-refractivity contribution in [2.75, 3.05) is 14.1 Å². The van der Waals surface area contributed by atoms with Crippen molar-refractivity contribution in [2.45, 2.75) is 4.90 Å². The topological polar surface area (TPSA) is 63.2 Å². The normalized spacial score (nSPS) is 11.9. The fourth-order valence-corrected chi connectivity index (χ4v) is 3.06. The van der Waals surface area contributed by atoms with Crippen LogP contribution >= 0.6 is 23.2 Å². The molecule has 0 unspecified atom stereocenters. The second kappa shape index (κ2) is 5.84. The molecule has 1 aromatic carbocycles. The monoisotopic (exact) mass is 349 g/mol. The highest BCUT2D eigenvalue weighted by molar-refractivity contribution is 7.89. The van der Waals surface area contributed by atoms with Gasteiger partial charge in [0, 0.05) is 19.7 Å². The summed E-state index contributed by atoms with van der Waals surface area (Å²) in [5, 5.41) is 0.0214. The van der Waals surface area contributed by atoms with E-state index < -0.39 is 15.8 Å². The SMILES string of the molecule is CN(C)S(=O)(=O)c1cc(F)ccc1-c1nc(Cl)ncc1Cl. The van der Waals surface area contributed by atoms with Crippen molar-refractivity contribution in [1.29, 1.82) is 0 Å². The molecule has 0 aliphatic rings. The molecule has 0 aliphatic carbocycles. The number of hydrogen-bond acceptors (Lipinski definition) is 4. The Hall–Kier alpha value is -1.28. The highest BCUT2D eigenvalue weighted by atomic mass is 35.5. The van der Waals surface area contributed by atoms with Gasteiger partial charge in [0.05, 0.1) is 21.8 Å². The minimum atomic E-state index is -3.88. The fourth-order valence-electron chi connectivity index (χ4n) is 1.64. The van der Waals surface area contributed by atoms with Gasteiger partial charge in [0.1, 0.15) is 5.82 Å². The van der Waals surface area contributed by atoms with Crippen LogP contribution < -0.4 is 0 Å². The molecule has 0 spiro atoms. The standard InChI is InChI=1S/C12H10Cl2FN3O2S/c1-18(2)21(19,20)10-5-7(15)3-4-8(10)11-9(13)6-16-12(14)17-11/h3-6H,1-2H3. The molecule has 0 radical (unpaired) electrons. The second-order valence-corrected chi connectivity index (χ2v) is 7.13. The lowest BCUT2D eigenvalue weighted by atomic mass is 10.1. The molecular weight excluding hydrogens is 340 g/mol. The van der Waals surface area contributed by atoms with Gasteiger partial charge in [0.25, 0.3) is 0 Å². The Morgan fingerprint density at radius 1 is 1.24 bits per heavy atom. The molecule has 0 atom stereocenters. The Morgan fingerprint density at radius 3 is 2.52 bits per heavy atom. The molecule has 0 N–H and O–H groups in total. The zero-order valence-corrected chi connectivity index (χ0v) is 13.3. The molecule has 0 fully saturated rings. The number of sulfonamides is 1. The van der Waals surface area contributed by atoms with Gasteiger partial charge in [-0.05, 0) is 29.8 Å². The van der Waals surface area contributed by atoms with E-state index in [9.17, 15) is 12.8 Å². The summed E-state index contributed by atoms with van der Waals surface area (Å²) in [5.41, 5.74) is 0.275. The van der Waals surface area contributed by atoms with E-state index in [2.05, 4.69) is 9.97 Å². The van der Waals surface area contributed by atoms with Crippen LogP contribution in [0.2, 0.25) is 10.3 Å². The van der Waals surface area contributed by atoms with Crippen LogP contribution in [0.15, 0.2) is 29.3 Å². The van der Waals surface area contributed by atoms with Crippen molar-refractivity contribution in [2.24, 2.45) is 0 Å². The first-order valence-electron chi connectivity index (χ1n) is 5.64. The molecule has 0 aliphatic heterocycles. The van der Waals surface area contributed by atoms with Crippen LogP contribution in [0.3, 0.4) is 0 Å². The summed E-state index contributed by atoms with van der Waals surface area (Å²) in [6, 6.07) is 3.32. The molecule has 0 saturated heterocycles. The fraction of sp³-hybridized carbons (Fsp3) is 0.167. The second-order valence-electron chi connectivity index (χ2n) is 4.26. The van der Waals surface area contributed by atoms with Gasteiger partial charge in [0.15, 0.2) is 0 Å². The minimum absolute atomic E-state index is 0.0908. The number of rotatable bonds is 3. The Morgan fingerprint density at radius 2 is 1.90 bits per heavy atom. The number of aromatic nitrogens is 2. The number of benzene rings is 1. The molecule has 9 heteroatoms. The number of halogens is 3. The summed E-state index contributed by atoms with van der Waals surface area (Å²) < 4.78 is 39.1. The van der Waals surface area contributed by atoms with Gasteiger partial charge in [-0.2, -0.15) is 0 Å². The van der Waals surface area contributed by atoms with E-state index in [4.69, 9.17) is 23.2 Å². The lowest BCUT2D eigenvalue weighted by Gasteiger charge is -2.15. The van der Waals surface area contributed by atoms with Crippen LogP contribution in [0, 0.1) is 5.82 Å². The van der Waals surface area contributed by atoms with Gasteiger partial charge in [-0.1, -0.05) is 11.6 Å². The largest absolute Gasteiger partial charge is 0.243 e. The van der Waals surface area contributed by atoms with E-state index in [1.807, 2.05) is 0 Å². The first-order chi connectivity index (χ1) is 9.73. The van der Waals surface area contributed by atoms with Crippen molar-refractivity contribution >= 4 is 33.2 Å². The van der Waals surface area contributed by atoms with Gasteiger partial charge in [-0.25, -0.2) is 27.1 Å². The zero-order valence-electron chi connectivity index (χ0n) is 11.0. The van der Waals surface area contributed by atoms with Crippen molar-refractivity contribution < 1.29 is 12.8 Å². The molecule has 2 aromatic rings. The molecule has 112 valence electrons. The Balaban J connectivity index is 2.79. The maximum Gasteiger partial charge on any atom is 0.243 e. The molecule has 0 bridgehead atoms. The third-order valence-corrected chi connectivity index (χ3v) is 4.99. The van der Waals surface area contributed by atoms with E-state index in [1.165, 1.54) is 26.4 Å². The van der Waals surface area contributed by atoms with Crippen LogP contribution in [0.4, 0.5) is 4.39 Å². The van der Waals surface area contributed by atoms with Gasteiger partial charge >= 0.3 is 0 Å². The highest BCUT2D eigenvalue weighted by Gasteiger charge is 2.24. The van der Waals surface area contributed by atoms with Crippen LogP contribution in [0.25, 0.3) is 11.3 Å². The molecule has 1 heterocycles. The van der Waals surface area contributed by atoms with Gasteiger partial charge in [0.2, 0.25) is 15.3 Å². The first kappa shape index (κ1) is 16.1. The van der Waals surface area contributed by atoms with Crippen molar-refractivity contribution in [3.8, 4) is 11.3 Å². The van der Waals surface area contributed by atoms with Crippen LogP contribution in [0.5, 0.6) is 0 Å². The third kappa shape index (κ3) is 3.16. The lowest BCUT2D eigenvalue weighted by molar-refractivity contribution is 0.519. The molecule has 5 nitrogen and oxygen atoms in total. The third-order valence-electron chi connectivity index (χ3n) is 2.67. The molecular formula is C12H10Cl2FN3O2S. The van der Waals surface area contributed by atoms with Crippen LogP contribution in [0.1, 0.15) is 0 Å². The molecule has 0 saturated carbocycles. The first-order valence-corrected chi connectivity index (χ1v) is 7.83. The maximum absolute atomic E-state index is 13.5. The quantitative estimate of drug-likeness (QED) is 0.799. The van der Waals surface area contributed by atoms with Crippen LogP contribution in [-0.2, 0) is 10.0 Å². The maximum atomic E-state index is 13.5. The lowest BCUT2D eigenvalue weighted by Crippen LogP contribution is -2.23. The van der Waals surface area contributed by atoms with E-state index in [0.29, 0.717) is 0 Å². The molecule has 0 amide bonds. The van der Waals surface area contributed by atoms with E-state index in [-0.39, 0.29) is 26.5 Å². The molecule has 2 rings (SSSR count). The van der Waals surface area contributed by atoms with Gasteiger partial charge in [-0.15, -0.1) is 0 Å². The highest BCUT2D eigenvalue weighted by Crippen LogP contribution is 2.33. The van der Waals surface area contributed by atoms with E-state index in [1.54, 1.807) is 0 Å². The average molecular weight is 350 g/mol. The van der Waals surface area contributed by atoms with Gasteiger partial charge < -0.3 is 0 Å². The minimum Gasteiger partial charge on any atom is -0.225 e. The Kier molecular flexibility index (Phi) is 4.48. The molecule has 21 heavy (non-hydrogen) atoms. The predicted octanol–water partition coefficient (Wildman–Crippen LogP) is 2.84. The van der Waals surface area contributed by atoms with Crippen molar-refractivity contribution in [3.63, 3.8) is 0 Å². The summed E-state index contributed by atoms with van der Waals surface area (Å²) >= 11 is 11.7. The summed E-state index contributed by atoms with van der Waals surface area (Å²) in [7, 11) is -1.18. The summed E-state index contributed by atoms with van der Waals surface area (Å²) in [6.45, 7) is 0. The predicted molar refractivity (Wildman–Crippen MR) is 78.3 cm³/mol. The number of hydrogen-bond donors (Lipinski definition) is 0. The Bertz CT molecular complexity index is 797. The van der Waals surface area contributed by atoms with E-state index >= 15 is 0 Å². The zero-order chi connectivity index (χ0) is 15.8. The van der Waals surface area contributed by atoms with Gasteiger partial charge in [-0.3, -0.25) is 0 Å². The van der Waals surface area contributed by atoms with Crippen molar-refractivity contribution in [1.82, 2.24) is 14.3 Å². The van der Waals surface area contributed by atoms with E-state index in [0.717, 1.165) is 16.4 Å². The summed E-state index contributed by atoms with van der Waals surface area (Å²) in [4.78, 5) is 7.37. The summed E-state index contributed by atoms with van der Waals surface area (Å²) in [5.74, 6) is -0.685.